The molecular weight excluding hydrogens is 434 g/mol. The summed E-state index contributed by atoms with van der Waals surface area (Å²) < 4.78 is 10.3. The zero-order chi connectivity index (χ0) is 23.5. The number of nitrogens with zero attached hydrogens (tertiary/aromatic N) is 4. The lowest BCUT2D eigenvalue weighted by atomic mass is 9.89. The predicted molar refractivity (Wildman–Crippen MR) is 124 cm³/mol. The van der Waals surface area contributed by atoms with Gasteiger partial charge in [-0.15, -0.1) is 0 Å². The number of aliphatic hydroxyl groups is 1. The maximum absolute atomic E-state index is 13.5. The summed E-state index contributed by atoms with van der Waals surface area (Å²) in [5.74, 6) is -0.323. The summed E-state index contributed by atoms with van der Waals surface area (Å²) in [4.78, 5) is 18.1. The van der Waals surface area contributed by atoms with Crippen LogP contribution in [0.2, 0.25) is 0 Å². The van der Waals surface area contributed by atoms with E-state index in [1.807, 2.05) is 24.3 Å². The molecule has 5 rings (SSSR count). The molecule has 0 radical (unpaired) electrons. The van der Waals surface area contributed by atoms with Gasteiger partial charge in [-0.3, -0.25) is 4.79 Å². The van der Waals surface area contributed by atoms with Crippen molar-refractivity contribution >= 4 is 22.6 Å². The summed E-state index contributed by atoms with van der Waals surface area (Å²) in [7, 11) is 1.47. The zero-order valence-corrected chi connectivity index (χ0v) is 18.0. The molecule has 0 saturated heterocycles. The summed E-state index contributed by atoms with van der Waals surface area (Å²) in [6.07, 6.45) is 2.90. The van der Waals surface area contributed by atoms with Crippen LogP contribution in [-0.4, -0.2) is 38.5 Å². The standard InChI is InChI=1S/C25H19N5O4/c1-33-21-12-11-19(18-15-26-29-20-10-6-5-9-17(18)20)27-23(21)28-24(31)25(32,22-13-14-34-30-22)16-7-3-2-4-8-16/h2-15,32H,1H3,(H,27,28,31)/t25-/m1/s1. The van der Waals surface area contributed by atoms with Gasteiger partial charge in [-0.25, -0.2) is 4.98 Å². The molecule has 34 heavy (non-hydrogen) atoms. The summed E-state index contributed by atoms with van der Waals surface area (Å²) in [5.41, 5.74) is 0.233. The molecular formula is C25H19N5O4. The van der Waals surface area contributed by atoms with E-state index in [9.17, 15) is 9.90 Å². The van der Waals surface area contributed by atoms with E-state index in [1.54, 1.807) is 48.7 Å². The van der Waals surface area contributed by atoms with Gasteiger partial charge in [0.15, 0.2) is 11.6 Å². The highest BCUT2D eigenvalue weighted by Crippen LogP contribution is 2.34. The van der Waals surface area contributed by atoms with Crippen LogP contribution in [0, 0.1) is 0 Å². The lowest BCUT2D eigenvalue weighted by Crippen LogP contribution is -2.42. The van der Waals surface area contributed by atoms with Gasteiger partial charge in [-0.05, 0) is 23.8 Å². The van der Waals surface area contributed by atoms with Crippen molar-refractivity contribution in [1.82, 2.24) is 20.3 Å². The van der Waals surface area contributed by atoms with Gasteiger partial charge < -0.3 is 19.7 Å². The first kappa shape index (κ1) is 21.2. The molecule has 3 heterocycles. The first-order valence-electron chi connectivity index (χ1n) is 10.4. The fourth-order valence-corrected chi connectivity index (χ4v) is 3.73. The van der Waals surface area contributed by atoms with E-state index < -0.39 is 11.5 Å². The van der Waals surface area contributed by atoms with E-state index in [1.165, 1.54) is 19.4 Å². The highest BCUT2D eigenvalue weighted by molar-refractivity contribution is 6.01. The van der Waals surface area contributed by atoms with Crippen LogP contribution in [0.1, 0.15) is 11.3 Å². The number of anilines is 1. The highest BCUT2D eigenvalue weighted by atomic mass is 16.5. The average molecular weight is 453 g/mol. The molecule has 1 amide bonds. The van der Waals surface area contributed by atoms with Crippen molar-refractivity contribution in [2.75, 3.05) is 12.4 Å². The number of aromatic nitrogens is 4. The lowest BCUT2D eigenvalue weighted by Gasteiger charge is -2.25. The number of methoxy groups -OCH3 is 1. The van der Waals surface area contributed by atoms with E-state index in [-0.39, 0.29) is 11.5 Å². The Hall–Kier alpha value is -4.63. The fraction of sp³-hybridized carbons (Fsp3) is 0.0800. The molecule has 0 aliphatic rings. The minimum absolute atomic E-state index is 0.0376. The molecule has 0 saturated carbocycles. The van der Waals surface area contributed by atoms with Crippen molar-refractivity contribution in [1.29, 1.82) is 0 Å². The first-order valence-corrected chi connectivity index (χ1v) is 10.4. The second-order valence-corrected chi connectivity index (χ2v) is 7.44. The fourth-order valence-electron chi connectivity index (χ4n) is 3.73. The van der Waals surface area contributed by atoms with Crippen LogP contribution in [0.5, 0.6) is 5.75 Å². The van der Waals surface area contributed by atoms with E-state index in [2.05, 4.69) is 25.7 Å². The first-order chi connectivity index (χ1) is 16.6. The van der Waals surface area contributed by atoms with E-state index in [0.29, 0.717) is 22.5 Å². The van der Waals surface area contributed by atoms with Crippen LogP contribution in [0.15, 0.2) is 89.8 Å². The molecule has 0 aliphatic heterocycles. The van der Waals surface area contributed by atoms with Gasteiger partial charge in [0.05, 0.1) is 24.5 Å². The van der Waals surface area contributed by atoms with Crippen LogP contribution in [0.3, 0.4) is 0 Å². The van der Waals surface area contributed by atoms with Crippen LogP contribution in [0.4, 0.5) is 5.82 Å². The lowest BCUT2D eigenvalue weighted by molar-refractivity contribution is -0.131. The van der Waals surface area contributed by atoms with Gasteiger partial charge in [0.25, 0.3) is 5.91 Å². The minimum atomic E-state index is -2.12. The molecule has 2 N–H and O–H groups in total. The Balaban J connectivity index is 1.58. The molecule has 0 fully saturated rings. The zero-order valence-electron chi connectivity index (χ0n) is 18.0. The van der Waals surface area contributed by atoms with Crippen molar-refractivity contribution in [2.45, 2.75) is 5.60 Å². The second-order valence-electron chi connectivity index (χ2n) is 7.44. The number of rotatable bonds is 6. The number of benzene rings is 2. The van der Waals surface area contributed by atoms with Crippen molar-refractivity contribution in [2.24, 2.45) is 0 Å². The highest BCUT2D eigenvalue weighted by Gasteiger charge is 2.43. The molecule has 168 valence electrons. The summed E-state index contributed by atoms with van der Waals surface area (Å²) in [6.45, 7) is 0. The van der Waals surface area contributed by atoms with Crippen LogP contribution in [-0.2, 0) is 10.4 Å². The van der Waals surface area contributed by atoms with Crippen LogP contribution in [0.25, 0.3) is 22.2 Å². The maximum Gasteiger partial charge on any atom is 0.268 e. The monoisotopic (exact) mass is 453 g/mol. The van der Waals surface area contributed by atoms with Gasteiger partial charge in [0, 0.05) is 17.0 Å². The van der Waals surface area contributed by atoms with Crippen LogP contribution >= 0.6 is 0 Å². The number of pyridine rings is 1. The molecule has 9 nitrogen and oxygen atoms in total. The van der Waals surface area contributed by atoms with E-state index in [0.717, 1.165) is 10.9 Å². The molecule has 0 unspecified atom stereocenters. The number of ether oxygens (including phenoxy) is 1. The molecule has 2 aromatic carbocycles. The average Bonchev–Trinajstić information content (AvgIpc) is 3.44. The van der Waals surface area contributed by atoms with Gasteiger partial charge in [0.2, 0.25) is 5.60 Å². The minimum Gasteiger partial charge on any atom is -0.493 e. The van der Waals surface area contributed by atoms with Crippen LogP contribution < -0.4 is 10.1 Å². The third-order valence-electron chi connectivity index (χ3n) is 5.46. The Labute approximate surface area is 194 Å². The molecule has 0 bridgehead atoms. The number of hydrogen-bond donors (Lipinski definition) is 2. The van der Waals surface area contributed by atoms with Crippen molar-refractivity contribution in [3.8, 4) is 17.0 Å². The van der Waals surface area contributed by atoms with E-state index in [4.69, 9.17) is 9.26 Å². The molecule has 0 spiro atoms. The topological polar surface area (TPSA) is 123 Å². The molecule has 0 aliphatic carbocycles. The smallest absolute Gasteiger partial charge is 0.268 e. The Morgan fingerprint density at radius 2 is 1.82 bits per heavy atom. The van der Waals surface area contributed by atoms with Gasteiger partial charge in [0.1, 0.15) is 12.0 Å². The number of amides is 1. The molecule has 5 aromatic rings. The van der Waals surface area contributed by atoms with Gasteiger partial charge in [-0.1, -0.05) is 53.7 Å². The van der Waals surface area contributed by atoms with Crippen molar-refractivity contribution in [3.63, 3.8) is 0 Å². The summed E-state index contributed by atoms with van der Waals surface area (Å²) in [5, 5.41) is 27.1. The number of carbonyl (C=O) groups excluding carboxylic acids is 1. The quantitative estimate of drug-likeness (QED) is 0.400. The summed E-state index contributed by atoms with van der Waals surface area (Å²) >= 11 is 0. The van der Waals surface area contributed by atoms with Gasteiger partial charge >= 0.3 is 0 Å². The SMILES string of the molecule is COc1ccc(-c2cnnc3ccccc23)nc1NC(=O)[C@@](O)(c1ccccc1)c1ccon1. The number of fused-ring (bicyclic) bond motifs is 1. The normalized spacial score (nSPS) is 12.8. The number of carbonyl (C=O) groups is 1. The van der Waals surface area contributed by atoms with Gasteiger partial charge in [-0.2, -0.15) is 10.2 Å². The van der Waals surface area contributed by atoms with E-state index >= 15 is 0 Å². The Kier molecular flexibility index (Phi) is 5.44. The molecule has 3 aromatic heterocycles. The third kappa shape index (κ3) is 3.63. The van der Waals surface area contributed by atoms with Crippen molar-refractivity contribution in [3.05, 3.63) is 96.5 Å². The predicted octanol–water partition coefficient (Wildman–Crippen LogP) is 3.56. The largest absolute Gasteiger partial charge is 0.493 e. The molecule has 1 atom stereocenters. The summed E-state index contributed by atoms with van der Waals surface area (Å²) in [6, 6.07) is 20.9. The number of nitrogens with one attached hydrogen (secondary N) is 1. The van der Waals surface area contributed by atoms with Crippen molar-refractivity contribution < 1.29 is 19.2 Å². The maximum atomic E-state index is 13.5. The number of hydrogen-bond acceptors (Lipinski definition) is 8. The Morgan fingerprint density at radius 3 is 2.59 bits per heavy atom. The third-order valence-corrected chi connectivity index (χ3v) is 5.46. The Bertz CT molecular complexity index is 1450. The molecule has 9 heteroatoms. The Morgan fingerprint density at radius 1 is 1.03 bits per heavy atom. The second kappa shape index (κ2) is 8.72.